The fourth-order valence-corrected chi connectivity index (χ4v) is 3.16. The molecule has 0 saturated heterocycles. The van der Waals surface area contributed by atoms with Crippen molar-refractivity contribution in [2.75, 3.05) is 5.32 Å². The van der Waals surface area contributed by atoms with Crippen LogP contribution in [-0.4, -0.2) is 17.0 Å². The summed E-state index contributed by atoms with van der Waals surface area (Å²) in [4.78, 5) is 28.3. The van der Waals surface area contributed by atoms with Crippen molar-refractivity contribution in [2.24, 2.45) is 0 Å². The van der Waals surface area contributed by atoms with Crippen LogP contribution < -0.4 is 10.6 Å². The molecule has 1 heterocycles. The van der Waals surface area contributed by atoms with Crippen molar-refractivity contribution in [3.63, 3.8) is 0 Å². The second-order valence-corrected chi connectivity index (χ2v) is 7.59. The number of benzene rings is 2. The van der Waals surface area contributed by atoms with Crippen molar-refractivity contribution in [1.82, 2.24) is 10.3 Å². The molecule has 2 aromatic carbocycles. The largest absolute Gasteiger partial charge is 0.445 e. The zero-order chi connectivity index (χ0) is 20.6. The number of ether oxygens (including phenoxy) is 1. The van der Waals surface area contributed by atoms with Crippen LogP contribution in [0.5, 0.6) is 0 Å². The van der Waals surface area contributed by atoms with Gasteiger partial charge in [-0.05, 0) is 65.4 Å². The highest BCUT2D eigenvalue weighted by molar-refractivity contribution is 14.1. The van der Waals surface area contributed by atoms with Gasteiger partial charge in [0.2, 0.25) is 0 Å². The summed E-state index contributed by atoms with van der Waals surface area (Å²) in [6.45, 7) is 2.45. The fraction of sp³-hybridized carbons (Fsp3) is 0.136. The molecule has 0 fully saturated rings. The first-order chi connectivity index (χ1) is 14.0. The van der Waals surface area contributed by atoms with Gasteiger partial charge in [-0.3, -0.25) is 9.78 Å². The van der Waals surface area contributed by atoms with E-state index < -0.39 is 6.09 Å². The number of amides is 2. The number of pyridine rings is 1. The lowest BCUT2D eigenvalue weighted by molar-refractivity contribution is 0.102. The van der Waals surface area contributed by atoms with Gasteiger partial charge in [-0.1, -0.05) is 29.8 Å². The van der Waals surface area contributed by atoms with Crippen molar-refractivity contribution in [3.8, 4) is 0 Å². The van der Waals surface area contributed by atoms with Crippen molar-refractivity contribution >= 4 is 40.3 Å². The quantitative estimate of drug-likeness (QED) is 0.481. The van der Waals surface area contributed by atoms with E-state index in [-0.39, 0.29) is 12.5 Å². The summed E-state index contributed by atoms with van der Waals surface area (Å²) in [5.41, 5.74) is 4.09. The monoisotopic (exact) mass is 501 g/mol. The second kappa shape index (κ2) is 10.0. The normalized spacial score (nSPS) is 10.3. The van der Waals surface area contributed by atoms with Crippen LogP contribution in [0, 0.1) is 10.5 Å². The zero-order valence-electron chi connectivity index (χ0n) is 15.8. The van der Waals surface area contributed by atoms with Gasteiger partial charge in [0.25, 0.3) is 5.91 Å². The lowest BCUT2D eigenvalue weighted by Gasteiger charge is -2.10. The summed E-state index contributed by atoms with van der Waals surface area (Å²) in [7, 11) is 0. The Bertz CT molecular complexity index is 992. The van der Waals surface area contributed by atoms with Gasteiger partial charge in [0, 0.05) is 33.8 Å². The molecule has 0 saturated carbocycles. The van der Waals surface area contributed by atoms with Crippen LogP contribution >= 0.6 is 22.6 Å². The number of carbonyl (C=O) groups is 2. The number of alkyl carbamates (subject to hydrolysis) is 1. The lowest BCUT2D eigenvalue weighted by Crippen LogP contribution is -2.23. The third kappa shape index (κ3) is 6.28. The van der Waals surface area contributed by atoms with Crippen molar-refractivity contribution in [3.05, 3.63) is 92.8 Å². The van der Waals surface area contributed by atoms with E-state index in [0.717, 1.165) is 20.3 Å². The topological polar surface area (TPSA) is 80.3 Å². The average molecular weight is 501 g/mol. The van der Waals surface area contributed by atoms with Crippen LogP contribution in [-0.2, 0) is 17.9 Å². The zero-order valence-corrected chi connectivity index (χ0v) is 18.0. The average Bonchev–Trinajstić information content (AvgIpc) is 2.74. The van der Waals surface area contributed by atoms with E-state index in [1.54, 1.807) is 30.6 Å². The number of nitrogens with one attached hydrogen (secondary N) is 2. The van der Waals surface area contributed by atoms with Crippen molar-refractivity contribution in [2.45, 2.75) is 20.1 Å². The maximum absolute atomic E-state index is 12.5. The van der Waals surface area contributed by atoms with Gasteiger partial charge in [-0.15, -0.1) is 0 Å². The molecule has 2 amide bonds. The first-order valence-electron chi connectivity index (χ1n) is 8.97. The number of hydrogen-bond acceptors (Lipinski definition) is 4. The number of carbonyl (C=O) groups excluding carboxylic acids is 2. The fourth-order valence-electron chi connectivity index (χ4n) is 2.58. The standard InChI is InChI=1S/C22H20IN3O3/c1-15-4-9-20(23)19(11-15)21(27)26-18-7-5-16(6-8-18)13-25-22(28)29-14-17-3-2-10-24-12-17/h2-12H,13-14H2,1H3,(H,25,28)(H,26,27). The molecule has 0 atom stereocenters. The minimum absolute atomic E-state index is 0.150. The molecular formula is C22H20IN3O3. The van der Waals surface area contributed by atoms with E-state index in [1.807, 2.05) is 43.3 Å². The van der Waals surface area contributed by atoms with Gasteiger partial charge in [0.05, 0.1) is 5.56 Å². The summed E-state index contributed by atoms with van der Waals surface area (Å²) in [6, 6.07) is 16.7. The molecule has 0 aliphatic rings. The third-order valence-corrected chi connectivity index (χ3v) is 5.05. The van der Waals surface area contributed by atoms with Crippen LogP contribution in [0.25, 0.3) is 0 Å². The molecule has 0 aliphatic heterocycles. The maximum atomic E-state index is 12.5. The molecule has 7 heteroatoms. The summed E-state index contributed by atoms with van der Waals surface area (Å²) >= 11 is 2.15. The Morgan fingerprint density at radius 2 is 1.86 bits per heavy atom. The molecule has 0 spiro atoms. The third-order valence-electron chi connectivity index (χ3n) is 4.11. The number of aromatic nitrogens is 1. The highest BCUT2D eigenvalue weighted by Gasteiger charge is 2.10. The van der Waals surface area contributed by atoms with Gasteiger partial charge >= 0.3 is 6.09 Å². The van der Waals surface area contributed by atoms with E-state index in [4.69, 9.17) is 4.74 Å². The molecule has 29 heavy (non-hydrogen) atoms. The molecule has 148 valence electrons. The molecule has 1 aromatic heterocycles. The minimum Gasteiger partial charge on any atom is -0.445 e. The van der Waals surface area contributed by atoms with Crippen LogP contribution in [0.3, 0.4) is 0 Å². The van der Waals surface area contributed by atoms with Gasteiger partial charge in [0.1, 0.15) is 6.61 Å². The smallest absolute Gasteiger partial charge is 0.407 e. The number of anilines is 1. The Labute approximate surface area is 182 Å². The number of aryl methyl sites for hydroxylation is 1. The van der Waals surface area contributed by atoms with E-state index in [0.29, 0.717) is 17.8 Å². The SMILES string of the molecule is Cc1ccc(I)c(C(=O)Nc2ccc(CNC(=O)OCc3cccnc3)cc2)c1. The van der Waals surface area contributed by atoms with Crippen molar-refractivity contribution in [1.29, 1.82) is 0 Å². The molecule has 0 radical (unpaired) electrons. The highest BCUT2D eigenvalue weighted by Crippen LogP contribution is 2.17. The summed E-state index contributed by atoms with van der Waals surface area (Å²) in [5.74, 6) is -0.150. The number of nitrogens with zero attached hydrogens (tertiary/aromatic N) is 1. The minimum atomic E-state index is -0.500. The predicted molar refractivity (Wildman–Crippen MR) is 120 cm³/mol. The highest BCUT2D eigenvalue weighted by atomic mass is 127. The Balaban J connectivity index is 1.49. The van der Waals surface area contributed by atoms with E-state index in [2.05, 4.69) is 38.2 Å². The first kappa shape index (κ1) is 20.8. The molecule has 3 rings (SSSR count). The van der Waals surface area contributed by atoms with E-state index >= 15 is 0 Å². The Morgan fingerprint density at radius 1 is 1.07 bits per heavy atom. The predicted octanol–water partition coefficient (Wildman–Crippen LogP) is 4.67. The van der Waals surface area contributed by atoms with E-state index in [9.17, 15) is 9.59 Å². The molecule has 0 bridgehead atoms. The Morgan fingerprint density at radius 3 is 2.59 bits per heavy atom. The van der Waals surface area contributed by atoms with Gasteiger partial charge in [0.15, 0.2) is 0 Å². The molecule has 3 aromatic rings. The maximum Gasteiger partial charge on any atom is 0.407 e. The number of rotatable bonds is 6. The Kier molecular flexibility index (Phi) is 7.18. The van der Waals surface area contributed by atoms with Crippen LogP contribution in [0.15, 0.2) is 67.0 Å². The Hall–Kier alpha value is -2.94. The van der Waals surface area contributed by atoms with Gasteiger partial charge < -0.3 is 15.4 Å². The molecule has 6 nitrogen and oxygen atoms in total. The molecule has 0 unspecified atom stereocenters. The van der Waals surface area contributed by atoms with Gasteiger partial charge in [-0.25, -0.2) is 4.79 Å². The second-order valence-electron chi connectivity index (χ2n) is 6.43. The first-order valence-corrected chi connectivity index (χ1v) is 10.0. The van der Waals surface area contributed by atoms with Gasteiger partial charge in [-0.2, -0.15) is 0 Å². The molecular weight excluding hydrogens is 481 g/mol. The summed E-state index contributed by atoms with van der Waals surface area (Å²) in [5, 5.41) is 5.59. The number of halogens is 1. The summed E-state index contributed by atoms with van der Waals surface area (Å²) < 4.78 is 6.05. The molecule has 0 aliphatic carbocycles. The summed E-state index contributed by atoms with van der Waals surface area (Å²) in [6.07, 6.45) is 2.82. The lowest BCUT2D eigenvalue weighted by atomic mass is 10.1. The van der Waals surface area contributed by atoms with Crippen LogP contribution in [0.1, 0.15) is 27.0 Å². The number of hydrogen-bond donors (Lipinski definition) is 2. The van der Waals surface area contributed by atoms with Crippen molar-refractivity contribution < 1.29 is 14.3 Å². The molecule has 2 N–H and O–H groups in total. The van der Waals surface area contributed by atoms with E-state index in [1.165, 1.54) is 0 Å². The van der Waals surface area contributed by atoms with Crippen LogP contribution in [0.2, 0.25) is 0 Å². The van der Waals surface area contributed by atoms with Crippen LogP contribution in [0.4, 0.5) is 10.5 Å².